The predicted octanol–water partition coefficient (Wildman–Crippen LogP) is 0.417. The van der Waals surface area contributed by atoms with Gasteiger partial charge in [0.25, 0.3) is 0 Å². The quantitative estimate of drug-likeness (QED) is 0.713. The second-order valence-corrected chi connectivity index (χ2v) is 5.31. The van der Waals surface area contributed by atoms with Gasteiger partial charge in [-0.3, -0.25) is 14.5 Å². The molecule has 2 N–H and O–H groups in total. The van der Waals surface area contributed by atoms with Crippen LogP contribution in [0.2, 0.25) is 0 Å². The SMILES string of the molecule is CCCN1C(=O)CC(NC2CCC(O)CC2)C1=O. The summed E-state index contributed by atoms with van der Waals surface area (Å²) < 4.78 is 0. The Kier molecular flexibility index (Phi) is 4.35. The Bertz CT molecular complexity index is 324. The van der Waals surface area contributed by atoms with Gasteiger partial charge in [-0.05, 0) is 32.1 Å². The number of rotatable bonds is 4. The van der Waals surface area contributed by atoms with Gasteiger partial charge in [-0.2, -0.15) is 0 Å². The van der Waals surface area contributed by atoms with E-state index < -0.39 is 0 Å². The van der Waals surface area contributed by atoms with Crippen LogP contribution < -0.4 is 5.32 Å². The fourth-order valence-electron chi connectivity index (χ4n) is 2.80. The summed E-state index contributed by atoms with van der Waals surface area (Å²) in [6.45, 7) is 2.49. The smallest absolute Gasteiger partial charge is 0.246 e. The number of carbonyl (C=O) groups is 2. The summed E-state index contributed by atoms with van der Waals surface area (Å²) in [4.78, 5) is 25.1. The fraction of sp³-hybridized carbons (Fsp3) is 0.846. The number of amides is 2. The molecule has 0 spiro atoms. The summed E-state index contributed by atoms with van der Waals surface area (Å²) in [6, 6.07) is -0.0824. The topological polar surface area (TPSA) is 69.6 Å². The van der Waals surface area contributed by atoms with Gasteiger partial charge in [0.2, 0.25) is 11.8 Å². The summed E-state index contributed by atoms with van der Waals surface area (Å²) in [7, 11) is 0. The van der Waals surface area contributed by atoms with Gasteiger partial charge in [-0.1, -0.05) is 6.92 Å². The van der Waals surface area contributed by atoms with E-state index >= 15 is 0 Å². The standard InChI is InChI=1S/C13H22N2O3/c1-2-7-15-12(17)8-11(13(15)18)14-9-3-5-10(16)6-4-9/h9-11,14,16H,2-8H2,1H3. The van der Waals surface area contributed by atoms with Crippen molar-refractivity contribution in [3.63, 3.8) is 0 Å². The largest absolute Gasteiger partial charge is 0.393 e. The monoisotopic (exact) mass is 254 g/mol. The number of aliphatic hydroxyl groups excluding tert-OH is 1. The van der Waals surface area contributed by atoms with E-state index in [9.17, 15) is 14.7 Å². The van der Waals surface area contributed by atoms with E-state index in [1.54, 1.807) is 0 Å². The molecule has 1 heterocycles. The zero-order chi connectivity index (χ0) is 13.1. The molecule has 5 heteroatoms. The van der Waals surface area contributed by atoms with Crippen LogP contribution in [0.4, 0.5) is 0 Å². The summed E-state index contributed by atoms with van der Waals surface area (Å²) in [5.41, 5.74) is 0. The van der Waals surface area contributed by atoms with E-state index in [1.165, 1.54) is 4.90 Å². The maximum absolute atomic E-state index is 12.0. The molecule has 1 aliphatic heterocycles. The van der Waals surface area contributed by atoms with E-state index in [2.05, 4.69) is 5.32 Å². The van der Waals surface area contributed by atoms with Crippen molar-refractivity contribution in [1.82, 2.24) is 10.2 Å². The van der Waals surface area contributed by atoms with Crippen molar-refractivity contribution in [1.29, 1.82) is 0 Å². The van der Waals surface area contributed by atoms with E-state index in [4.69, 9.17) is 0 Å². The van der Waals surface area contributed by atoms with Crippen molar-refractivity contribution in [3.05, 3.63) is 0 Å². The maximum Gasteiger partial charge on any atom is 0.246 e. The molecule has 2 aliphatic rings. The Morgan fingerprint density at radius 3 is 2.56 bits per heavy atom. The van der Waals surface area contributed by atoms with Gasteiger partial charge in [0, 0.05) is 12.6 Å². The average Bonchev–Trinajstić information content (AvgIpc) is 2.60. The molecule has 18 heavy (non-hydrogen) atoms. The van der Waals surface area contributed by atoms with Crippen LogP contribution in [0, 0.1) is 0 Å². The van der Waals surface area contributed by atoms with Crippen LogP contribution in [0.15, 0.2) is 0 Å². The number of nitrogens with zero attached hydrogens (tertiary/aromatic N) is 1. The minimum absolute atomic E-state index is 0.0600. The van der Waals surface area contributed by atoms with Crippen molar-refractivity contribution < 1.29 is 14.7 Å². The molecule has 0 radical (unpaired) electrons. The molecule has 2 amide bonds. The molecule has 0 bridgehead atoms. The molecular weight excluding hydrogens is 232 g/mol. The summed E-state index contributed by atoms with van der Waals surface area (Å²) >= 11 is 0. The molecule has 2 fully saturated rings. The lowest BCUT2D eigenvalue weighted by Gasteiger charge is -2.28. The number of hydrogen-bond donors (Lipinski definition) is 2. The summed E-state index contributed by atoms with van der Waals surface area (Å²) in [5.74, 6) is -0.136. The van der Waals surface area contributed by atoms with Gasteiger partial charge in [0.15, 0.2) is 0 Å². The number of likely N-dealkylation sites (tertiary alicyclic amines) is 1. The number of aliphatic hydroxyl groups is 1. The van der Waals surface area contributed by atoms with Gasteiger partial charge in [-0.15, -0.1) is 0 Å². The van der Waals surface area contributed by atoms with E-state index in [1.807, 2.05) is 6.92 Å². The maximum atomic E-state index is 12.0. The fourth-order valence-corrected chi connectivity index (χ4v) is 2.80. The van der Waals surface area contributed by atoms with Gasteiger partial charge in [-0.25, -0.2) is 0 Å². The lowest BCUT2D eigenvalue weighted by molar-refractivity contribution is -0.138. The minimum Gasteiger partial charge on any atom is -0.393 e. The van der Waals surface area contributed by atoms with Crippen molar-refractivity contribution in [2.24, 2.45) is 0 Å². The van der Waals surface area contributed by atoms with E-state index in [-0.39, 0.29) is 36.4 Å². The number of carbonyl (C=O) groups excluding carboxylic acids is 2. The van der Waals surface area contributed by atoms with Gasteiger partial charge in [0.1, 0.15) is 0 Å². The van der Waals surface area contributed by atoms with Crippen LogP contribution in [-0.2, 0) is 9.59 Å². The molecule has 5 nitrogen and oxygen atoms in total. The molecule has 102 valence electrons. The van der Waals surface area contributed by atoms with Crippen molar-refractivity contribution >= 4 is 11.8 Å². The van der Waals surface area contributed by atoms with Gasteiger partial charge >= 0.3 is 0 Å². The minimum atomic E-state index is -0.343. The highest BCUT2D eigenvalue weighted by atomic mass is 16.3. The van der Waals surface area contributed by atoms with Crippen LogP contribution in [0.25, 0.3) is 0 Å². The molecule has 1 unspecified atom stereocenters. The normalized spacial score (nSPS) is 33.2. The number of imide groups is 1. The number of nitrogens with one attached hydrogen (secondary N) is 1. The highest BCUT2D eigenvalue weighted by molar-refractivity contribution is 6.05. The average molecular weight is 254 g/mol. The third kappa shape index (κ3) is 2.90. The van der Waals surface area contributed by atoms with Gasteiger partial charge < -0.3 is 10.4 Å². The molecule has 1 atom stereocenters. The molecule has 0 aromatic carbocycles. The Labute approximate surface area is 108 Å². The molecule has 2 rings (SSSR count). The van der Waals surface area contributed by atoms with Gasteiger partial charge in [0.05, 0.1) is 18.6 Å². The lowest BCUT2D eigenvalue weighted by atomic mass is 9.92. The lowest BCUT2D eigenvalue weighted by Crippen LogP contribution is -2.45. The first-order valence-electron chi connectivity index (χ1n) is 6.90. The second kappa shape index (κ2) is 5.80. The van der Waals surface area contributed by atoms with Crippen LogP contribution in [0.1, 0.15) is 45.4 Å². The highest BCUT2D eigenvalue weighted by Crippen LogP contribution is 2.21. The molecule has 1 saturated heterocycles. The van der Waals surface area contributed by atoms with Crippen molar-refractivity contribution in [2.75, 3.05) is 6.54 Å². The first-order valence-corrected chi connectivity index (χ1v) is 6.90. The molecule has 0 aromatic heterocycles. The third-order valence-electron chi connectivity index (χ3n) is 3.82. The summed E-state index contributed by atoms with van der Waals surface area (Å²) in [6.07, 6.45) is 4.23. The highest BCUT2D eigenvalue weighted by Gasteiger charge is 2.39. The molecular formula is C13H22N2O3. The molecule has 0 aromatic rings. The zero-order valence-corrected chi connectivity index (χ0v) is 10.9. The first-order chi connectivity index (χ1) is 8.61. The van der Waals surface area contributed by atoms with Crippen LogP contribution in [0.3, 0.4) is 0 Å². The zero-order valence-electron chi connectivity index (χ0n) is 10.9. The van der Waals surface area contributed by atoms with Crippen LogP contribution >= 0.6 is 0 Å². The molecule has 1 aliphatic carbocycles. The van der Waals surface area contributed by atoms with Crippen molar-refractivity contribution in [3.8, 4) is 0 Å². The third-order valence-corrected chi connectivity index (χ3v) is 3.82. The number of hydrogen-bond acceptors (Lipinski definition) is 4. The Morgan fingerprint density at radius 2 is 1.94 bits per heavy atom. The predicted molar refractivity (Wildman–Crippen MR) is 66.8 cm³/mol. The van der Waals surface area contributed by atoms with Crippen LogP contribution in [0.5, 0.6) is 0 Å². The Morgan fingerprint density at radius 1 is 1.28 bits per heavy atom. The summed E-state index contributed by atoms with van der Waals surface area (Å²) in [5, 5.41) is 12.7. The van der Waals surface area contributed by atoms with Crippen molar-refractivity contribution in [2.45, 2.75) is 63.6 Å². The Balaban J connectivity index is 1.87. The Hall–Kier alpha value is -0.940. The second-order valence-electron chi connectivity index (χ2n) is 5.31. The van der Waals surface area contributed by atoms with E-state index in [0.717, 1.165) is 32.1 Å². The molecule has 1 saturated carbocycles. The first kappa shape index (κ1) is 13.5. The van der Waals surface area contributed by atoms with Crippen LogP contribution in [-0.4, -0.2) is 46.6 Å². The van der Waals surface area contributed by atoms with E-state index in [0.29, 0.717) is 6.54 Å².